The lowest BCUT2D eigenvalue weighted by atomic mass is 10.0. The predicted octanol–water partition coefficient (Wildman–Crippen LogP) is 4.99. The Kier molecular flexibility index (Phi) is 4.73. The van der Waals surface area contributed by atoms with Crippen LogP contribution in [0.1, 0.15) is 21.5 Å². The van der Waals surface area contributed by atoms with Crippen LogP contribution in [-0.4, -0.2) is 11.5 Å². The molecular formula is C16H13F3OS. The zero-order chi connectivity index (χ0) is 15.5. The van der Waals surface area contributed by atoms with Gasteiger partial charge in [-0.2, -0.15) is 13.2 Å². The number of alkyl halides is 3. The van der Waals surface area contributed by atoms with Crippen LogP contribution in [0, 0.1) is 6.92 Å². The Labute approximate surface area is 125 Å². The van der Waals surface area contributed by atoms with Crippen molar-refractivity contribution >= 4 is 17.5 Å². The Morgan fingerprint density at radius 2 is 1.76 bits per heavy atom. The lowest BCUT2D eigenvalue weighted by Gasteiger charge is -2.10. The van der Waals surface area contributed by atoms with Crippen molar-refractivity contribution in [3.63, 3.8) is 0 Å². The number of benzene rings is 2. The van der Waals surface area contributed by atoms with Gasteiger partial charge in [0.1, 0.15) is 0 Å². The molecule has 0 saturated heterocycles. The second-order valence-corrected chi connectivity index (χ2v) is 5.60. The summed E-state index contributed by atoms with van der Waals surface area (Å²) >= 11 is 1.37. The highest BCUT2D eigenvalue weighted by atomic mass is 32.2. The number of carbonyl (C=O) groups excluding carboxylic acids is 1. The number of Topliss-reactive ketones (excluding diaryl/α,β-unsaturated/α-hetero) is 1. The lowest BCUT2D eigenvalue weighted by Crippen LogP contribution is -2.09. The van der Waals surface area contributed by atoms with Gasteiger partial charge in [-0.1, -0.05) is 24.3 Å². The first-order chi connectivity index (χ1) is 9.88. The molecule has 0 aliphatic heterocycles. The van der Waals surface area contributed by atoms with Crippen molar-refractivity contribution in [1.82, 2.24) is 0 Å². The van der Waals surface area contributed by atoms with E-state index >= 15 is 0 Å². The van der Waals surface area contributed by atoms with E-state index in [1.54, 1.807) is 0 Å². The van der Waals surface area contributed by atoms with Gasteiger partial charge in [-0.3, -0.25) is 4.79 Å². The summed E-state index contributed by atoms with van der Waals surface area (Å²) in [6.07, 6.45) is -4.38. The normalized spacial score (nSPS) is 11.4. The van der Waals surface area contributed by atoms with Gasteiger partial charge >= 0.3 is 6.18 Å². The average Bonchev–Trinajstić information content (AvgIpc) is 2.45. The Balaban J connectivity index is 2.09. The molecule has 0 fully saturated rings. The van der Waals surface area contributed by atoms with Crippen molar-refractivity contribution in [2.45, 2.75) is 18.0 Å². The number of aryl methyl sites for hydroxylation is 1. The minimum Gasteiger partial charge on any atom is -0.293 e. The van der Waals surface area contributed by atoms with Crippen molar-refractivity contribution in [2.75, 3.05) is 5.75 Å². The first-order valence-corrected chi connectivity index (χ1v) is 7.25. The standard InChI is InChI=1S/C16H13F3OS/c1-11-9-12(16(17,18)19)7-8-14(11)15(20)10-21-13-5-3-2-4-6-13/h2-9H,10H2,1H3. The maximum Gasteiger partial charge on any atom is 0.416 e. The summed E-state index contributed by atoms with van der Waals surface area (Å²) in [5.74, 6) is 0.0334. The summed E-state index contributed by atoms with van der Waals surface area (Å²) in [6.45, 7) is 1.52. The summed E-state index contributed by atoms with van der Waals surface area (Å²) in [7, 11) is 0. The van der Waals surface area contributed by atoms with E-state index in [4.69, 9.17) is 0 Å². The van der Waals surface area contributed by atoms with Crippen LogP contribution in [0.5, 0.6) is 0 Å². The van der Waals surface area contributed by atoms with Gasteiger partial charge in [0.2, 0.25) is 0 Å². The predicted molar refractivity (Wildman–Crippen MR) is 77.7 cm³/mol. The molecule has 0 saturated carbocycles. The van der Waals surface area contributed by atoms with E-state index < -0.39 is 11.7 Å². The smallest absolute Gasteiger partial charge is 0.293 e. The zero-order valence-corrected chi connectivity index (χ0v) is 12.1. The highest BCUT2D eigenvalue weighted by Crippen LogP contribution is 2.30. The third-order valence-electron chi connectivity index (χ3n) is 2.97. The van der Waals surface area contributed by atoms with Crippen LogP contribution in [0.25, 0.3) is 0 Å². The monoisotopic (exact) mass is 310 g/mol. The summed E-state index contributed by atoms with van der Waals surface area (Å²) in [5, 5.41) is 0. The van der Waals surface area contributed by atoms with E-state index in [0.29, 0.717) is 11.1 Å². The van der Waals surface area contributed by atoms with Crippen LogP contribution in [-0.2, 0) is 6.18 Å². The second-order valence-electron chi connectivity index (χ2n) is 4.55. The number of halogens is 3. The van der Waals surface area contributed by atoms with Crippen molar-refractivity contribution < 1.29 is 18.0 Å². The van der Waals surface area contributed by atoms with Crippen LogP contribution < -0.4 is 0 Å². The van der Waals surface area contributed by atoms with Gasteiger partial charge in [0.25, 0.3) is 0 Å². The number of hydrogen-bond donors (Lipinski definition) is 0. The topological polar surface area (TPSA) is 17.1 Å². The molecule has 0 aliphatic carbocycles. The molecule has 110 valence electrons. The number of ketones is 1. The molecule has 1 nitrogen and oxygen atoms in total. The Bertz CT molecular complexity index is 636. The summed E-state index contributed by atoms with van der Waals surface area (Å²) in [6, 6.07) is 12.6. The fraction of sp³-hybridized carbons (Fsp3) is 0.188. The quantitative estimate of drug-likeness (QED) is 0.584. The van der Waals surface area contributed by atoms with E-state index in [0.717, 1.165) is 17.0 Å². The molecule has 0 unspecified atom stereocenters. The first-order valence-electron chi connectivity index (χ1n) is 6.27. The molecule has 0 bridgehead atoms. The first kappa shape index (κ1) is 15.6. The third-order valence-corrected chi connectivity index (χ3v) is 3.98. The average molecular weight is 310 g/mol. The van der Waals surface area contributed by atoms with Crippen LogP contribution in [0.3, 0.4) is 0 Å². The molecule has 2 rings (SSSR count). The fourth-order valence-electron chi connectivity index (χ4n) is 1.90. The molecule has 2 aromatic carbocycles. The molecular weight excluding hydrogens is 297 g/mol. The number of carbonyl (C=O) groups is 1. The van der Waals surface area contributed by atoms with Gasteiger partial charge in [0.15, 0.2) is 5.78 Å². The van der Waals surface area contributed by atoms with Crippen LogP contribution in [0.2, 0.25) is 0 Å². The van der Waals surface area contributed by atoms with E-state index in [-0.39, 0.29) is 11.5 Å². The summed E-state index contributed by atoms with van der Waals surface area (Å²) < 4.78 is 37.7. The Morgan fingerprint density at radius 3 is 2.33 bits per heavy atom. The maximum atomic E-state index is 12.6. The van der Waals surface area contributed by atoms with Crippen molar-refractivity contribution in [2.24, 2.45) is 0 Å². The van der Waals surface area contributed by atoms with E-state index in [2.05, 4.69) is 0 Å². The molecule has 0 amide bonds. The minimum atomic E-state index is -4.38. The fourth-order valence-corrected chi connectivity index (χ4v) is 2.70. The molecule has 21 heavy (non-hydrogen) atoms. The van der Waals surface area contributed by atoms with Gasteiger partial charge in [-0.25, -0.2) is 0 Å². The summed E-state index contributed by atoms with van der Waals surface area (Å²) in [5.41, 5.74) is -0.0396. The molecule has 0 heterocycles. The molecule has 0 radical (unpaired) electrons. The largest absolute Gasteiger partial charge is 0.416 e. The Hall–Kier alpha value is -1.75. The molecule has 2 aromatic rings. The number of rotatable bonds is 4. The molecule has 0 spiro atoms. The third kappa shape index (κ3) is 4.11. The van der Waals surface area contributed by atoms with Crippen LogP contribution in [0.4, 0.5) is 13.2 Å². The molecule has 5 heteroatoms. The van der Waals surface area contributed by atoms with Crippen LogP contribution >= 0.6 is 11.8 Å². The molecule has 0 aliphatic rings. The minimum absolute atomic E-state index is 0.171. The molecule has 0 aromatic heterocycles. The van der Waals surface area contributed by atoms with Gasteiger partial charge in [-0.05, 0) is 36.8 Å². The SMILES string of the molecule is Cc1cc(C(F)(F)F)ccc1C(=O)CSc1ccccc1. The molecule has 0 atom stereocenters. The van der Waals surface area contributed by atoms with Gasteiger partial charge < -0.3 is 0 Å². The van der Waals surface area contributed by atoms with Gasteiger partial charge in [0, 0.05) is 10.5 Å². The Morgan fingerprint density at radius 1 is 1.10 bits per heavy atom. The van der Waals surface area contributed by atoms with Crippen molar-refractivity contribution in [3.8, 4) is 0 Å². The van der Waals surface area contributed by atoms with Crippen LogP contribution in [0.15, 0.2) is 53.4 Å². The summed E-state index contributed by atoms with van der Waals surface area (Å²) in [4.78, 5) is 13.1. The zero-order valence-electron chi connectivity index (χ0n) is 11.3. The maximum absolute atomic E-state index is 12.6. The van der Waals surface area contributed by atoms with Crippen molar-refractivity contribution in [1.29, 1.82) is 0 Å². The van der Waals surface area contributed by atoms with Gasteiger partial charge in [-0.15, -0.1) is 11.8 Å². The van der Waals surface area contributed by atoms with Gasteiger partial charge in [0.05, 0.1) is 11.3 Å². The number of hydrogen-bond acceptors (Lipinski definition) is 2. The number of thioether (sulfide) groups is 1. The van der Waals surface area contributed by atoms with Crippen molar-refractivity contribution in [3.05, 3.63) is 65.2 Å². The highest BCUT2D eigenvalue weighted by molar-refractivity contribution is 8.00. The molecule has 0 N–H and O–H groups in total. The highest BCUT2D eigenvalue weighted by Gasteiger charge is 2.30. The van der Waals surface area contributed by atoms with E-state index in [9.17, 15) is 18.0 Å². The second kappa shape index (κ2) is 6.35. The van der Waals surface area contributed by atoms with E-state index in [1.165, 1.54) is 24.8 Å². The van der Waals surface area contributed by atoms with E-state index in [1.807, 2.05) is 30.3 Å². The lowest BCUT2D eigenvalue weighted by molar-refractivity contribution is -0.137.